The van der Waals surface area contributed by atoms with E-state index in [4.69, 9.17) is 18.7 Å². The van der Waals surface area contributed by atoms with Crippen LogP contribution in [-0.4, -0.2) is 69.1 Å². The van der Waals surface area contributed by atoms with E-state index >= 15 is 0 Å². The summed E-state index contributed by atoms with van der Waals surface area (Å²) in [5, 5.41) is 0. The molecule has 2 heterocycles. The summed E-state index contributed by atoms with van der Waals surface area (Å²) in [5.41, 5.74) is 7.05. The predicted octanol–water partition coefficient (Wildman–Crippen LogP) is 1.49. The second-order valence-electron chi connectivity index (χ2n) is 6.07. The summed E-state index contributed by atoms with van der Waals surface area (Å²) in [6.45, 7) is 2.40. The Morgan fingerprint density at radius 2 is 1.91 bits per heavy atom. The largest absolute Gasteiger partial charge is 0.495 e. The standard InChI is InChI=1S/C17H28N4O/c1-19-9-11-21(12-10-19)14-5-7-20(8-6-14)15-3-4-16(18)17(13-15)22-2/h3-4,13-14H,5-12,18H2,1-2H3/i1D3,2D3. The minimum atomic E-state index is -2.53. The fourth-order valence-electron chi connectivity index (χ4n) is 3.38. The van der Waals surface area contributed by atoms with Crippen molar-refractivity contribution in [3.05, 3.63) is 18.2 Å². The second-order valence-corrected chi connectivity index (χ2v) is 6.07. The van der Waals surface area contributed by atoms with Crippen LogP contribution in [0.1, 0.15) is 21.1 Å². The third-order valence-electron chi connectivity index (χ3n) is 4.77. The number of benzene rings is 1. The van der Waals surface area contributed by atoms with Gasteiger partial charge in [-0.25, -0.2) is 0 Å². The zero-order valence-electron chi connectivity index (χ0n) is 18.8. The van der Waals surface area contributed by atoms with Crippen molar-refractivity contribution in [2.45, 2.75) is 18.9 Å². The Bertz CT molecular complexity index is 665. The lowest BCUT2D eigenvalue weighted by atomic mass is 10.0. The number of nitrogens with zero attached hydrogens (tertiary/aromatic N) is 3. The van der Waals surface area contributed by atoms with E-state index in [9.17, 15) is 0 Å². The van der Waals surface area contributed by atoms with Gasteiger partial charge in [0.15, 0.2) is 0 Å². The Hall–Kier alpha value is -1.46. The lowest BCUT2D eigenvalue weighted by Gasteiger charge is -2.42. The predicted molar refractivity (Wildman–Crippen MR) is 91.7 cm³/mol. The molecule has 0 bridgehead atoms. The van der Waals surface area contributed by atoms with Crippen LogP contribution in [0.15, 0.2) is 18.2 Å². The summed E-state index contributed by atoms with van der Waals surface area (Å²) in [7, 11) is -2.53. The molecule has 2 saturated heterocycles. The Morgan fingerprint density at radius 1 is 1.14 bits per heavy atom. The topological polar surface area (TPSA) is 45.0 Å². The molecule has 2 aliphatic heterocycles. The first-order chi connectivity index (χ1) is 13.0. The maximum atomic E-state index is 7.52. The number of likely N-dealkylation sites (N-methyl/N-ethyl adjacent to an activating group) is 1. The van der Waals surface area contributed by atoms with E-state index in [1.54, 1.807) is 17.0 Å². The Kier molecular flexibility index (Phi) is 2.95. The van der Waals surface area contributed by atoms with Crippen molar-refractivity contribution in [3.63, 3.8) is 0 Å². The molecule has 1 aromatic carbocycles. The van der Waals surface area contributed by atoms with E-state index in [0.717, 1.165) is 44.7 Å². The average Bonchev–Trinajstić information content (AvgIpc) is 2.62. The fourth-order valence-corrected chi connectivity index (χ4v) is 3.38. The van der Waals surface area contributed by atoms with E-state index in [2.05, 4.69) is 9.80 Å². The molecule has 5 nitrogen and oxygen atoms in total. The molecule has 0 aromatic heterocycles. The number of nitrogen functional groups attached to an aromatic ring is 1. The number of rotatable bonds is 3. The van der Waals surface area contributed by atoms with Gasteiger partial charge in [0.1, 0.15) is 5.75 Å². The Labute approximate surface area is 142 Å². The van der Waals surface area contributed by atoms with Crippen LogP contribution in [0.3, 0.4) is 0 Å². The quantitative estimate of drug-likeness (QED) is 0.857. The summed E-state index contributed by atoms with van der Waals surface area (Å²) in [5.74, 6) is 0.181. The van der Waals surface area contributed by atoms with Crippen LogP contribution in [0, 0.1) is 0 Å². The summed E-state index contributed by atoms with van der Waals surface area (Å²) < 4.78 is 49.4. The number of nitrogens with two attached hydrogens (primary N) is 1. The van der Waals surface area contributed by atoms with Gasteiger partial charge >= 0.3 is 0 Å². The minimum absolute atomic E-state index is 0.181. The fraction of sp³-hybridized carbons (Fsp3) is 0.647. The zero-order chi connectivity index (χ0) is 20.5. The molecule has 0 saturated carbocycles. The maximum Gasteiger partial charge on any atom is 0.143 e. The van der Waals surface area contributed by atoms with Gasteiger partial charge < -0.3 is 20.3 Å². The maximum absolute atomic E-state index is 7.52. The molecule has 5 heteroatoms. The zero-order valence-corrected chi connectivity index (χ0v) is 12.8. The van der Waals surface area contributed by atoms with Crippen molar-refractivity contribution in [2.75, 3.05) is 63.9 Å². The molecule has 0 unspecified atom stereocenters. The van der Waals surface area contributed by atoms with Crippen molar-refractivity contribution < 1.29 is 13.0 Å². The van der Waals surface area contributed by atoms with E-state index in [1.165, 1.54) is 0 Å². The highest BCUT2D eigenvalue weighted by Gasteiger charge is 2.26. The molecule has 0 spiro atoms. The van der Waals surface area contributed by atoms with E-state index < -0.39 is 14.0 Å². The molecule has 0 amide bonds. The highest BCUT2D eigenvalue weighted by atomic mass is 16.5. The van der Waals surface area contributed by atoms with Gasteiger partial charge in [-0.05, 0) is 32.0 Å². The highest BCUT2D eigenvalue weighted by molar-refractivity contribution is 5.62. The van der Waals surface area contributed by atoms with E-state index in [-0.39, 0.29) is 5.75 Å². The van der Waals surface area contributed by atoms with Crippen molar-refractivity contribution in [1.82, 2.24) is 9.80 Å². The molecule has 3 rings (SSSR count). The number of piperazine rings is 1. The van der Waals surface area contributed by atoms with Crippen LogP contribution in [0.2, 0.25) is 0 Å². The molecule has 0 radical (unpaired) electrons. The number of piperidine rings is 1. The van der Waals surface area contributed by atoms with E-state index in [0.29, 0.717) is 24.8 Å². The third-order valence-corrected chi connectivity index (χ3v) is 4.77. The summed E-state index contributed by atoms with van der Waals surface area (Å²) in [6, 6.07) is 5.70. The molecular formula is C17H28N4O. The smallest absolute Gasteiger partial charge is 0.143 e. The lowest BCUT2D eigenvalue weighted by molar-refractivity contribution is 0.0982. The lowest BCUT2D eigenvalue weighted by Crippen LogP contribution is -2.52. The third kappa shape index (κ3) is 3.31. The molecule has 0 atom stereocenters. The molecule has 2 N–H and O–H groups in total. The first-order valence-corrected chi connectivity index (χ1v) is 7.85. The van der Waals surface area contributed by atoms with Crippen molar-refractivity contribution >= 4 is 11.4 Å². The molecule has 1 aromatic rings. The Morgan fingerprint density at radius 3 is 2.59 bits per heavy atom. The Balaban J connectivity index is 1.55. The van der Waals surface area contributed by atoms with Crippen LogP contribution < -0.4 is 15.4 Å². The van der Waals surface area contributed by atoms with Crippen LogP contribution >= 0.6 is 0 Å². The first-order valence-electron chi connectivity index (χ1n) is 10.9. The van der Waals surface area contributed by atoms with Crippen molar-refractivity contribution in [2.24, 2.45) is 0 Å². The minimum Gasteiger partial charge on any atom is -0.495 e. The SMILES string of the molecule is [2H]C([2H])([2H])Oc1cc(N2CCC(N3CCN(C([2H])([2H])[2H])CC3)CC2)ccc1N. The molecule has 2 aliphatic rings. The number of hydrogen-bond acceptors (Lipinski definition) is 5. The average molecular weight is 310 g/mol. The van der Waals surface area contributed by atoms with Gasteiger partial charge in [0, 0.05) is 61.2 Å². The van der Waals surface area contributed by atoms with Crippen LogP contribution in [-0.2, 0) is 0 Å². The number of ether oxygens (including phenoxy) is 1. The molecule has 0 aliphatic carbocycles. The monoisotopic (exact) mass is 310 g/mol. The first kappa shape index (κ1) is 9.63. The van der Waals surface area contributed by atoms with Gasteiger partial charge in [-0.15, -0.1) is 0 Å². The number of hydrogen-bond donors (Lipinski definition) is 1. The number of anilines is 2. The van der Waals surface area contributed by atoms with Gasteiger partial charge in [0.25, 0.3) is 0 Å². The van der Waals surface area contributed by atoms with Crippen molar-refractivity contribution in [1.29, 1.82) is 0 Å². The summed E-state index contributed by atoms with van der Waals surface area (Å²) in [6.07, 6.45) is 1.96. The van der Waals surface area contributed by atoms with Gasteiger partial charge in [-0.2, -0.15) is 0 Å². The summed E-state index contributed by atoms with van der Waals surface area (Å²) >= 11 is 0. The van der Waals surface area contributed by atoms with Gasteiger partial charge in [0.05, 0.1) is 16.8 Å². The van der Waals surface area contributed by atoms with E-state index in [1.807, 2.05) is 6.07 Å². The molecule has 22 heavy (non-hydrogen) atoms. The van der Waals surface area contributed by atoms with Crippen LogP contribution in [0.25, 0.3) is 0 Å². The van der Waals surface area contributed by atoms with Gasteiger partial charge in [0.2, 0.25) is 0 Å². The number of methoxy groups -OCH3 is 1. The summed E-state index contributed by atoms with van der Waals surface area (Å²) in [4.78, 5) is 6.17. The highest BCUT2D eigenvalue weighted by Crippen LogP contribution is 2.30. The molecular weight excluding hydrogens is 276 g/mol. The van der Waals surface area contributed by atoms with Gasteiger partial charge in [-0.1, -0.05) is 0 Å². The van der Waals surface area contributed by atoms with Gasteiger partial charge in [-0.3, -0.25) is 4.90 Å². The molecule has 122 valence electrons. The van der Waals surface area contributed by atoms with Crippen LogP contribution in [0.4, 0.5) is 11.4 Å². The molecule has 2 fully saturated rings. The van der Waals surface area contributed by atoms with Crippen LogP contribution in [0.5, 0.6) is 5.75 Å². The van der Waals surface area contributed by atoms with Crippen molar-refractivity contribution in [3.8, 4) is 5.75 Å². The normalized spacial score (nSPS) is 27.2. The second kappa shape index (κ2) is 6.75.